The van der Waals surface area contributed by atoms with Crippen LogP contribution in [-0.2, 0) is 13.0 Å². The quantitative estimate of drug-likeness (QED) is 0.441. The smallest absolute Gasteiger partial charge is 0.253 e. The van der Waals surface area contributed by atoms with Crippen LogP contribution in [0.3, 0.4) is 0 Å². The van der Waals surface area contributed by atoms with Gasteiger partial charge in [0.2, 0.25) is 0 Å². The maximum Gasteiger partial charge on any atom is 0.253 e. The molecule has 2 amide bonds. The summed E-state index contributed by atoms with van der Waals surface area (Å²) in [6.45, 7) is 2.21. The highest BCUT2D eigenvalue weighted by Crippen LogP contribution is 2.23. The number of primary amides is 1. The number of nitrogens with zero attached hydrogens (tertiary/aromatic N) is 2. The van der Waals surface area contributed by atoms with Crippen LogP contribution in [0.5, 0.6) is 0 Å². The van der Waals surface area contributed by atoms with E-state index in [1.54, 1.807) is 0 Å². The second-order valence-electron chi connectivity index (χ2n) is 9.05. The Morgan fingerprint density at radius 1 is 1.03 bits per heavy atom. The van der Waals surface area contributed by atoms with Crippen LogP contribution in [0, 0.1) is 5.92 Å². The lowest BCUT2D eigenvalue weighted by Crippen LogP contribution is -2.38. The Morgan fingerprint density at radius 3 is 2.49 bits per heavy atom. The first-order valence-electron chi connectivity index (χ1n) is 12.1. The highest BCUT2D eigenvalue weighted by atomic mass is 16.3. The molecule has 1 aromatic heterocycles. The number of pyridine rings is 1. The van der Waals surface area contributed by atoms with E-state index in [9.17, 15) is 9.59 Å². The molecule has 2 aromatic carbocycles. The number of anilines is 1. The summed E-state index contributed by atoms with van der Waals surface area (Å²) < 4.78 is 0. The molecule has 4 rings (SSSR count). The topological polar surface area (TPSA) is 109 Å². The number of benzene rings is 2. The number of amides is 2. The predicted octanol–water partition coefficient (Wildman–Crippen LogP) is 3.62. The standard InChI is InChI=1S/C28H32N4O3/c29-27(34)25-19-30-24(17-26(25)31-18-21-5-2-1-3-6-21)16-22-7-4-8-23(15-22)28(35)32-12-9-20(10-13-32)11-14-33/h1-8,15,17,19-20,33H,9-14,16,18H2,(H2,29,34)(H,30,31). The van der Waals surface area contributed by atoms with Gasteiger partial charge in [0, 0.05) is 50.1 Å². The zero-order valence-electron chi connectivity index (χ0n) is 19.8. The molecule has 1 aliphatic heterocycles. The van der Waals surface area contributed by atoms with Crippen molar-refractivity contribution in [2.45, 2.75) is 32.2 Å². The van der Waals surface area contributed by atoms with Crippen LogP contribution >= 0.6 is 0 Å². The van der Waals surface area contributed by atoms with Crippen molar-refractivity contribution >= 4 is 17.5 Å². The van der Waals surface area contributed by atoms with E-state index in [0.717, 1.165) is 49.2 Å². The van der Waals surface area contributed by atoms with E-state index >= 15 is 0 Å². The average Bonchev–Trinajstić information content (AvgIpc) is 2.88. The third-order valence-corrected chi connectivity index (χ3v) is 6.55. The molecule has 1 saturated heterocycles. The fraction of sp³-hybridized carbons (Fsp3) is 0.321. The number of aromatic nitrogens is 1. The first-order valence-corrected chi connectivity index (χ1v) is 12.1. The van der Waals surface area contributed by atoms with Gasteiger partial charge in [-0.15, -0.1) is 0 Å². The number of likely N-dealkylation sites (tertiary alicyclic amines) is 1. The van der Waals surface area contributed by atoms with Gasteiger partial charge < -0.3 is 21.1 Å². The first kappa shape index (κ1) is 24.4. The summed E-state index contributed by atoms with van der Waals surface area (Å²) in [6, 6.07) is 19.4. The zero-order chi connectivity index (χ0) is 24.6. The van der Waals surface area contributed by atoms with Crippen molar-refractivity contribution in [2.75, 3.05) is 25.0 Å². The van der Waals surface area contributed by atoms with Crippen LogP contribution in [-0.4, -0.2) is 46.5 Å². The molecule has 0 aliphatic carbocycles. The van der Waals surface area contributed by atoms with Crippen LogP contribution < -0.4 is 11.1 Å². The van der Waals surface area contributed by atoms with E-state index in [-0.39, 0.29) is 12.5 Å². The number of hydrogen-bond acceptors (Lipinski definition) is 5. The highest BCUT2D eigenvalue weighted by Gasteiger charge is 2.23. The van der Waals surface area contributed by atoms with Crippen molar-refractivity contribution in [3.63, 3.8) is 0 Å². The number of carbonyl (C=O) groups excluding carboxylic acids is 2. The Labute approximate surface area is 206 Å². The summed E-state index contributed by atoms with van der Waals surface area (Å²) in [5, 5.41) is 12.5. The van der Waals surface area contributed by atoms with Crippen molar-refractivity contribution in [1.82, 2.24) is 9.88 Å². The van der Waals surface area contributed by atoms with Gasteiger partial charge in [-0.3, -0.25) is 14.6 Å². The molecule has 0 saturated carbocycles. The van der Waals surface area contributed by atoms with E-state index in [4.69, 9.17) is 10.8 Å². The van der Waals surface area contributed by atoms with Crippen LogP contribution in [0.25, 0.3) is 0 Å². The molecule has 182 valence electrons. The second-order valence-corrected chi connectivity index (χ2v) is 9.05. The van der Waals surface area contributed by atoms with Crippen molar-refractivity contribution in [1.29, 1.82) is 0 Å². The SMILES string of the molecule is NC(=O)c1cnc(Cc2cccc(C(=O)N3CCC(CCO)CC3)c2)cc1NCc1ccccc1. The number of aliphatic hydroxyl groups excluding tert-OH is 1. The molecule has 1 fully saturated rings. The minimum absolute atomic E-state index is 0.0385. The molecule has 35 heavy (non-hydrogen) atoms. The summed E-state index contributed by atoms with van der Waals surface area (Å²) in [6.07, 6.45) is 4.71. The van der Waals surface area contributed by atoms with Crippen molar-refractivity contribution in [3.8, 4) is 0 Å². The molecule has 0 radical (unpaired) electrons. The summed E-state index contributed by atoms with van der Waals surface area (Å²) >= 11 is 0. The van der Waals surface area contributed by atoms with Gasteiger partial charge in [0.05, 0.1) is 11.3 Å². The largest absolute Gasteiger partial charge is 0.396 e. The van der Waals surface area contributed by atoms with Crippen molar-refractivity contribution < 1.29 is 14.7 Å². The third kappa shape index (κ3) is 6.45. The maximum atomic E-state index is 13.1. The molecular formula is C28H32N4O3. The van der Waals surface area contributed by atoms with E-state index in [1.165, 1.54) is 6.20 Å². The van der Waals surface area contributed by atoms with Gasteiger partial charge in [-0.2, -0.15) is 0 Å². The highest BCUT2D eigenvalue weighted by molar-refractivity contribution is 5.98. The van der Waals surface area contributed by atoms with Gasteiger partial charge in [0.15, 0.2) is 0 Å². The normalized spacial score (nSPS) is 14.0. The monoisotopic (exact) mass is 472 g/mol. The van der Waals surface area contributed by atoms with E-state index < -0.39 is 5.91 Å². The van der Waals surface area contributed by atoms with Crippen LogP contribution in [0.15, 0.2) is 66.9 Å². The molecule has 0 unspecified atom stereocenters. The summed E-state index contributed by atoms with van der Waals surface area (Å²) in [5.74, 6) is 0.000967. The van der Waals surface area contributed by atoms with Gasteiger partial charge in [-0.05, 0) is 54.5 Å². The fourth-order valence-corrected chi connectivity index (χ4v) is 4.54. The molecule has 0 spiro atoms. The molecule has 0 atom stereocenters. The number of nitrogens with two attached hydrogens (primary N) is 1. The number of rotatable bonds is 9. The van der Waals surface area contributed by atoms with Crippen molar-refractivity contribution in [2.24, 2.45) is 11.7 Å². The summed E-state index contributed by atoms with van der Waals surface area (Å²) in [7, 11) is 0. The fourth-order valence-electron chi connectivity index (χ4n) is 4.54. The van der Waals surface area contributed by atoms with E-state index in [2.05, 4.69) is 10.3 Å². The molecule has 1 aliphatic rings. The average molecular weight is 473 g/mol. The predicted molar refractivity (Wildman–Crippen MR) is 136 cm³/mol. The molecule has 3 aromatic rings. The third-order valence-electron chi connectivity index (χ3n) is 6.55. The Bertz CT molecular complexity index is 1160. The Balaban J connectivity index is 1.45. The molecule has 0 bridgehead atoms. The molecular weight excluding hydrogens is 440 g/mol. The van der Waals surface area contributed by atoms with Gasteiger partial charge in [-0.25, -0.2) is 0 Å². The number of aliphatic hydroxyl groups is 1. The van der Waals surface area contributed by atoms with Gasteiger partial charge >= 0.3 is 0 Å². The lowest BCUT2D eigenvalue weighted by molar-refractivity contribution is 0.0678. The molecule has 4 N–H and O–H groups in total. The molecule has 7 nitrogen and oxygen atoms in total. The van der Waals surface area contributed by atoms with Gasteiger partial charge in [-0.1, -0.05) is 42.5 Å². The lowest BCUT2D eigenvalue weighted by Gasteiger charge is -2.32. The van der Waals surface area contributed by atoms with E-state index in [0.29, 0.717) is 35.7 Å². The Kier molecular flexibility index (Phi) is 8.11. The second kappa shape index (κ2) is 11.6. The first-order chi connectivity index (χ1) is 17.0. The van der Waals surface area contributed by atoms with Crippen molar-refractivity contribution in [3.05, 3.63) is 94.8 Å². The maximum absolute atomic E-state index is 13.1. The minimum Gasteiger partial charge on any atom is -0.396 e. The number of nitrogens with one attached hydrogen (secondary N) is 1. The van der Waals surface area contributed by atoms with Gasteiger partial charge in [0.1, 0.15) is 0 Å². The molecule has 2 heterocycles. The minimum atomic E-state index is -0.532. The van der Waals surface area contributed by atoms with Crippen LogP contribution in [0.1, 0.15) is 56.8 Å². The van der Waals surface area contributed by atoms with E-state index in [1.807, 2.05) is 65.6 Å². The number of piperidine rings is 1. The number of carbonyl (C=O) groups is 2. The van der Waals surface area contributed by atoms with Crippen LogP contribution in [0.2, 0.25) is 0 Å². The van der Waals surface area contributed by atoms with Gasteiger partial charge in [0.25, 0.3) is 11.8 Å². The zero-order valence-corrected chi connectivity index (χ0v) is 19.8. The van der Waals surface area contributed by atoms with Crippen LogP contribution in [0.4, 0.5) is 5.69 Å². The summed E-state index contributed by atoms with van der Waals surface area (Å²) in [5.41, 5.74) is 10.1. The Morgan fingerprint density at radius 2 is 1.77 bits per heavy atom. The number of hydrogen-bond donors (Lipinski definition) is 3. The summed E-state index contributed by atoms with van der Waals surface area (Å²) in [4.78, 5) is 31.3. The molecule has 7 heteroatoms. The lowest BCUT2D eigenvalue weighted by atomic mass is 9.93. The Hall–Kier alpha value is -3.71.